The second-order valence-corrected chi connectivity index (χ2v) is 6.40. The minimum absolute atomic E-state index is 0.107. The van der Waals surface area contributed by atoms with Gasteiger partial charge < -0.3 is 10.4 Å². The molecule has 0 aliphatic rings. The SMILES string of the molecule is O=C(NCCO)c1ccc2nc3c4cccnc4c4ncccc4c3nc2c1. The van der Waals surface area contributed by atoms with Gasteiger partial charge in [0.05, 0.1) is 39.7 Å². The third-order valence-corrected chi connectivity index (χ3v) is 4.67. The Balaban J connectivity index is 1.83. The van der Waals surface area contributed by atoms with Crippen LogP contribution in [-0.2, 0) is 0 Å². The van der Waals surface area contributed by atoms with Gasteiger partial charge in [-0.2, -0.15) is 0 Å². The highest BCUT2D eigenvalue weighted by molar-refractivity contribution is 6.21. The standard InChI is InChI=1S/C21H15N5O2/c27-10-9-24-21(28)12-5-6-15-16(11-12)26-20-14-4-2-8-23-18(14)17-13(19(20)25-15)3-1-7-22-17/h1-8,11,27H,9-10H2,(H,24,28). The zero-order valence-electron chi connectivity index (χ0n) is 14.8. The van der Waals surface area contributed by atoms with Crippen molar-refractivity contribution in [3.63, 3.8) is 0 Å². The summed E-state index contributed by atoms with van der Waals surface area (Å²) >= 11 is 0. The summed E-state index contributed by atoms with van der Waals surface area (Å²) in [5, 5.41) is 13.3. The molecule has 0 fully saturated rings. The highest BCUT2D eigenvalue weighted by atomic mass is 16.3. The van der Waals surface area contributed by atoms with Gasteiger partial charge in [-0.25, -0.2) is 9.97 Å². The zero-order valence-corrected chi connectivity index (χ0v) is 14.8. The van der Waals surface area contributed by atoms with Crippen LogP contribution in [0.1, 0.15) is 10.4 Å². The number of hydrogen-bond acceptors (Lipinski definition) is 6. The Labute approximate surface area is 159 Å². The molecule has 2 aromatic carbocycles. The van der Waals surface area contributed by atoms with Crippen LogP contribution in [0.25, 0.3) is 43.9 Å². The van der Waals surface area contributed by atoms with E-state index in [1.807, 2.05) is 24.3 Å². The summed E-state index contributed by atoms with van der Waals surface area (Å²) < 4.78 is 0. The van der Waals surface area contributed by atoms with Gasteiger partial charge in [0.1, 0.15) is 0 Å². The summed E-state index contributed by atoms with van der Waals surface area (Å²) in [5.74, 6) is -0.257. The molecule has 7 heteroatoms. The van der Waals surface area contributed by atoms with E-state index in [1.54, 1.807) is 30.6 Å². The second-order valence-electron chi connectivity index (χ2n) is 6.40. The number of hydrogen-bond donors (Lipinski definition) is 2. The first kappa shape index (κ1) is 16.5. The number of aliphatic hydroxyl groups excluding tert-OH is 1. The lowest BCUT2D eigenvalue weighted by Gasteiger charge is -2.09. The van der Waals surface area contributed by atoms with Gasteiger partial charge in [0.15, 0.2) is 0 Å². The maximum atomic E-state index is 12.2. The van der Waals surface area contributed by atoms with E-state index in [-0.39, 0.29) is 19.1 Å². The van der Waals surface area contributed by atoms with Gasteiger partial charge in [-0.05, 0) is 42.5 Å². The number of nitrogens with one attached hydrogen (secondary N) is 1. The Morgan fingerprint density at radius 2 is 1.50 bits per heavy atom. The third kappa shape index (κ3) is 2.52. The number of aliphatic hydroxyl groups is 1. The lowest BCUT2D eigenvalue weighted by molar-refractivity contribution is 0.0945. The molecule has 136 valence electrons. The van der Waals surface area contributed by atoms with Crippen molar-refractivity contribution in [3.05, 3.63) is 60.4 Å². The molecule has 0 aliphatic heterocycles. The van der Waals surface area contributed by atoms with Crippen molar-refractivity contribution in [1.82, 2.24) is 25.3 Å². The quantitative estimate of drug-likeness (QED) is 0.374. The van der Waals surface area contributed by atoms with E-state index in [1.165, 1.54) is 0 Å². The van der Waals surface area contributed by atoms with E-state index in [9.17, 15) is 4.79 Å². The molecule has 0 saturated heterocycles. The third-order valence-electron chi connectivity index (χ3n) is 4.67. The van der Waals surface area contributed by atoms with E-state index >= 15 is 0 Å². The Bertz CT molecular complexity index is 1380. The highest BCUT2D eigenvalue weighted by Crippen LogP contribution is 2.31. The molecule has 2 N–H and O–H groups in total. The van der Waals surface area contributed by atoms with Crippen LogP contribution in [0.4, 0.5) is 0 Å². The Morgan fingerprint density at radius 3 is 2.14 bits per heavy atom. The van der Waals surface area contributed by atoms with Gasteiger partial charge in [-0.3, -0.25) is 14.8 Å². The molecular formula is C21H15N5O2. The number of carbonyl (C=O) groups excluding carboxylic acids is 1. The molecule has 3 heterocycles. The fraction of sp³-hybridized carbons (Fsp3) is 0.0952. The normalized spacial score (nSPS) is 11.5. The maximum absolute atomic E-state index is 12.2. The van der Waals surface area contributed by atoms with E-state index in [2.05, 4.69) is 15.3 Å². The van der Waals surface area contributed by atoms with Crippen molar-refractivity contribution in [3.8, 4) is 0 Å². The van der Waals surface area contributed by atoms with Gasteiger partial charge in [0, 0.05) is 35.3 Å². The Kier molecular flexibility index (Phi) is 3.80. The van der Waals surface area contributed by atoms with Crippen LogP contribution in [0.15, 0.2) is 54.9 Å². The number of amides is 1. The lowest BCUT2D eigenvalue weighted by Crippen LogP contribution is -2.26. The molecule has 0 bridgehead atoms. The molecule has 0 radical (unpaired) electrons. The number of fused-ring (bicyclic) bond motifs is 7. The maximum Gasteiger partial charge on any atom is 0.251 e. The molecule has 0 unspecified atom stereocenters. The molecule has 1 amide bonds. The van der Waals surface area contributed by atoms with E-state index in [4.69, 9.17) is 15.1 Å². The smallest absolute Gasteiger partial charge is 0.251 e. The number of rotatable bonds is 3. The average molecular weight is 369 g/mol. The van der Waals surface area contributed by atoms with Crippen LogP contribution in [0.3, 0.4) is 0 Å². The van der Waals surface area contributed by atoms with E-state index in [0.29, 0.717) is 16.6 Å². The summed E-state index contributed by atoms with van der Waals surface area (Å²) in [6, 6.07) is 12.9. The zero-order chi connectivity index (χ0) is 19.1. The van der Waals surface area contributed by atoms with Gasteiger partial charge >= 0.3 is 0 Å². The fourth-order valence-corrected chi connectivity index (χ4v) is 3.41. The predicted molar refractivity (Wildman–Crippen MR) is 107 cm³/mol. The molecular weight excluding hydrogens is 354 g/mol. The molecule has 0 saturated carbocycles. The molecule has 0 aliphatic carbocycles. The topological polar surface area (TPSA) is 101 Å². The van der Waals surface area contributed by atoms with Crippen molar-refractivity contribution in [2.45, 2.75) is 0 Å². The number of aromatic nitrogens is 4. The number of nitrogens with zero attached hydrogens (tertiary/aromatic N) is 4. The van der Waals surface area contributed by atoms with Gasteiger partial charge in [0.25, 0.3) is 5.91 Å². The van der Waals surface area contributed by atoms with Crippen LogP contribution in [0, 0.1) is 0 Å². The van der Waals surface area contributed by atoms with Crippen LogP contribution in [0.2, 0.25) is 0 Å². The van der Waals surface area contributed by atoms with Gasteiger partial charge in [-0.1, -0.05) is 0 Å². The minimum atomic E-state index is -0.257. The van der Waals surface area contributed by atoms with Crippen LogP contribution in [0.5, 0.6) is 0 Å². The second kappa shape index (κ2) is 6.47. The van der Waals surface area contributed by atoms with Crippen molar-refractivity contribution >= 4 is 49.8 Å². The Hall–Kier alpha value is -3.71. The van der Waals surface area contributed by atoms with Crippen molar-refractivity contribution in [2.24, 2.45) is 0 Å². The average Bonchev–Trinajstić information content (AvgIpc) is 2.76. The summed E-state index contributed by atoms with van der Waals surface area (Å²) in [5.41, 5.74) is 4.84. The van der Waals surface area contributed by atoms with Crippen molar-refractivity contribution < 1.29 is 9.90 Å². The highest BCUT2D eigenvalue weighted by Gasteiger charge is 2.14. The molecule has 5 rings (SSSR count). The van der Waals surface area contributed by atoms with Crippen LogP contribution < -0.4 is 5.32 Å². The van der Waals surface area contributed by atoms with Crippen molar-refractivity contribution in [2.75, 3.05) is 13.2 Å². The first-order valence-electron chi connectivity index (χ1n) is 8.88. The van der Waals surface area contributed by atoms with Crippen molar-refractivity contribution in [1.29, 1.82) is 0 Å². The first-order valence-corrected chi connectivity index (χ1v) is 8.88. The van der Waals surface area contributed by atoms with Gasteiger partial charge in [0.2, 0.25) is 0 Å². The summed E-state index contributed by atoms with van der Waals surface area (Å²) in [4.78, 5) is 30.8. The fourth-order valence-electron chi connectivity index (χ4n) is 3.41. The summed E-state index contributed by atoms with van der Waals surface area (Å²) in [6.45, 7) is 0.0967. The molecule has 28 heavy (non-hydrogen) atoms. The molecule has 0 atom stereocenters. The van der Waals surface area contributed by atoms with E-state index < -0.39 is 0 Å². The minimum Gasteiger partial charge on any atom is -0.395 e. The Morgan fingerprint density at radius 1 is 0.857 bits per heavy atom. The monoisotopic (exact) mass is 369 g/mol. The number of benzene rings is 2. The largest absolute Gasteiger partial charge is 0.395 e. The molecule has 0 spiro atoms. The lowest BCUT2D eigenvalue weighted by atomic mass is 10.1. The summed E-state index contributed by atoms with van der Waals surface area (Å²) in [6.07, 6.45) is 3.48. The van der Waals surface area contributed by atoms with Crippen LogP contribution >= 0.6 is 0 Å². The predicted octanol–water partition coefficient (Wildman–Crippen LogP) is 2.60. The molecule has 5 aromatic rings. The number of carbonyl (C=O) groups is 1. The molecule has 7 nitrogen and oxygen atoms in total. The van der Waals surface area contributed by atoms with Gasteiger partial charge in [-0.15, -0.1) is 0 Å². The molecule has 3 aromatic heterocycles. The first-order chi connectivity index (χ1) is 13.8. The van der Waals surface area contributed by atoms with E-state index in [0.717, 1.165) is 32.8 Å². The van der Waals surface area contributed by atoms with Crippen LogP contribution in [-0.4, -0.2) is 44.1 Å². The number of pyridine rings is 2. The summed E-state index contributed by atoms with van der Waals surface area (Å²) in [7, 11) is 0.